The van der Waals surface area contributed by atoms with Crippen LogP contribution in [0.2, 0.25) is 5.02 Å². The first-order chi connectivity index (χ1) is 16.3. The van der Waals surface area contributed by atoms with Gasteiger partial charge < -0.3 is 9.64 Å². The van der Waals surface area contributed by atoms with Gasteiger partial charge >= 0.3 is 0 Å². The highest BCUT2D eigenvalue weighted by Gasteiger charge is 2.53. The van der Waals surface area contributed by atoms with E-state index in [2.05, 4.69) is 14.8 Å². The number of fused-ring (bicyclic) bond motifs is 1. The number of piperidine rings is 1. The van der Waals surface area contributed by atoms with Crippen molar-refractivity contribution in [1.82, 2.24) is 9.80 Å². The SMILES string of the molecule is O=C1CC(S(=O)(=O)C=Cc2ccc(Cl)cc2)CC2OC3(CCN(CN4C=CN=CC4)CC3)CC12. The van der Waals surface area contributed by atoms with Crippen LogP contribution in [-0.4, -0.2) is 73.5 Å². The van der Waals surface area contributed by atoms with Gasteiger partial charge in [0.1, 0.15) is 5.78 Å². The maximum Gasteiger partial charge on any atom is 0.175 e. The number of hydrogen-bond acceptors (Lipinski definition) is 7. The van der Waals surface area contributed by atoms with Crippen molar-refractivity contribution in [2.24, 2.45) is 10.9 Å². The lowest BCUT2D eigenvalue weighted by Gasteiger charge is -2.40. The number of hydrogen-bond donors (Lipinski definition) is 0. The van der Waals surface area contributed by atoms with E-state index in [0.29, 0.717) is 17.9 Å². The average molecular weight is 504 g/mol. The summed E-state index contributed by atoms with van der Waals surface area (Å²) < 4.78 is 32.5. The Morgan fingerprint density at radius 1 is 1.21 bits per heavy atom. The van der Waals surface area contributed by atoms with Crippen molar-refractivity contribution in [3.05, 3.63) is 52.7 Å². The number of ketones is 1. The number of aliphatic imine (C=N–C) groups is 1. The topological polar surface area (TPSA) is 79.3 Å². The molecule has 5 rings (SSSR count). The predicted molar refractivity (Wildman–Crippen MR) is 133 cm³/mol. The lowest BCUT2D eigenvalue weighted by molar-refractivity contribution is -0.128. The van der Waals surface area contributed by atoms with Crippen molar-refractivity contribution >= 4 is 39.5 Å². The fourth-order valence-corrected chi connectivity index (χ4v) is 7.09. The van der Waals surface area contributed by atoms with Gasteiger partial charge in [0.05, 0.1) is 30.2 Å². The van der Waals surface area contributed by atoms with Crippen molar-refractivity contribution in [1.29, 1.82) is 0 Å². The Morgan fingerprint density at radius 3 is 2.68 bits per heavy atom. The van der Waals surface area contributed by atoms with E-state index in [9.17, 15) is 13.2 Å². The Kier molecular flexibility index (Phi) is 6.68. The van der Waals surface area contributed by atoms with Crippen LogP contribution in [0.4, 0.5) is 0 Å². The third-order valence-electron chi connectivity index (χ3n) is 7.50. The summed E-state index contributed by atoms with van der Waals surface area (Å²) in [5.41, 5.74) is 0.446. The monoisotopic (exact) mass is 503 g/mol. The van der Waals surface area contributed by atoms with Crippen LogP contribution in [0.25, 0.3) is 6.08 Å². The van der Waals surface area contributed by atoms with Crippen LogP contribution in [0, 0.1) is 5.92 Å². The third-order valence-corrected chi connectivity index (χ3v) is 9.55. The van der Waals surface area contributed by atoms with E-state index < -0.39 is 15.1 Å². The van der Waals surface area contributed by atoms with E-state index >= 15 is 0 Å². The Morgan fingerprint density at radius 2 is 1.97 bits per heavy atom. The molecular weight excluding hydrogens is 474 g/mol. The van der Waals surface area contributed by atoms with E-state index in [-0.39, 0.29) is 29.8 Å². The average Bonchev–Trinajstić information content (AvgIpc) is 3.20. The number of likely N-dealkylation sites (tertiary alicyclic amines) is 1. The molecule has 3 fully saturated rings. The minimum absolute atomic E-state index is 0.0294. The van der Waals surface area contributed by atoms with E-state index in [1.165, 1.54) is 5.41 Å². The van der Waals surface area contributed by atoms with E-state index in [1.54, 1.807) is 36.5 Å². The molecular formula is C25H30ClN3O4S. The third kappa shape index (κ3) is 5.15. The van der Waals surface area contributed by atoms with Gasteiger partial charge in [0, 0.05) is 54.5 Å². The van der Waals surface area contributed by atoms with E-state index in [1.807, 2.05) is 12.4 Å². The number of carbonyl (C=O) groups is 1. The highest BCUT2D eigenvalue weighted by molar-refractivity contribution is 7.95. The predicted octanol–water partition coefficient (Wildman–Crippen LogP) is 3.51. The summed E-state index contributed by atoms with van der Waals surface area (Å²) in [7, 11) is -3.58. The lowest BCUT2D eigenvalue weighted by atomic mass is 9.79. The van der Waals surface area contributed by atoms with Gasteiger partial charge in [-0.2, -0.15) is 0 Å². The largest absolute Gasteiger partial charge is 0.371 e. The van der Waals surface area contributed by atoms with Gasteiger partial charge in [0.15, 0.2) is 9.84 Å². The quantitative estimate of drug-likeness (QED) is 0.611. The molecule has 4 aliphatic rings. The van der Waals surface area contributed by atoms with Gasteiger partial charge in [-0.1, -0.05) is 23.7 Å². The Hall–Kier alpha value is -2.00. The molecule has 1 aliphatic carbocycles. The molecule has 34 heavy (non-hydrogen) atoms. The van der Waals surface area contributed by atoms with Gasteiger partial charge in [-0.25, -0.2) is 8.42 Å². The maximum absolute atomic E-state index is 13.0. The molecule has 0 radical (unpaired) electrons. The minimum Gasteiger partial charge on any atom is -0.371 e. The second-order valence-corrected chi connectivity index (χ2v) is 12.3. The molecule has 1 spiro atoms. The number of rotatable bonds is 5. The first-order valence-corrected chi connectivity index (χ1v) is 13.8. The number of halogens is 1. The standard InChI is InChI=1S/C25H30ClN3O4S/c26-20-3-1-19(2-4-20)5-14-34(31,32)21-15-23(30)22-17-25(33-24(22)16-21)6-10-28(11-7-25)18-29-12-8-27-9-13-29/h1-5,8-9,12,14,21-22,24H,6-7,10-11,13,15-18H2. The molecule has 1 aromatic carbocycles. The van der Waals surface area contributed by atoms with Crippen LogP contribution in [0.5, 0.6) is 0 Å². The van der Waals surface area contributed by atoms with E-state index in [4.69, 9.17) is 16.3 Å². The molecule has 9 heteroatoms. The minimum atomic E-state index is -3.58. The molecule has 3 aliphatic heterocycles. The summed E-state index contributed by atoms with van der Waals surface area (Å²) in [4.78, 5) is 21.7. The molecule has 3 heterocycles. The summed E-state index contributed by atoms with van der Waals surface area (Å²) >= 11 is 5.90. The number of nitrogens with zero attached hydrogens (tertiary/aromatic N) is 3. The van der Waals surface area contributed by atoms with Crippen LogP contribution in [-0.2, 0) is 19.4 Å². The van der Waals surface area contributed by atoms with Crippen molar-refractivity contribution < 1.29 is 17.9 Å². The first kappa shape index (κ1) is 23.7. The summed E-state index contributed by atoms with van der Waals surface area (Å²) in [5.74, 6) is -0.152. The summed E-state index contributed by atoms with van der Waals surface area (Å²) in [6.07, 6.45) is 9.88. The van der Waals surface area contributed by atoms with Crippen LogP contribution in [0.1, 0.15) is 37.7 Å². The smallest absolute Gasteiger partial charge is 0.175 e. The number of Topliss-reactive ketones (excluding diaryl/α,β-unsaturated/α-hetero) is 1. The second kappa shape index (κ2) is 9.57. The zero-order valence-electron chi connectivity index (χ0n) is 19.1. The summed E-state index contributed by atoms with van der Waals surface area (Å²) in [5, 5.41) is 1.10. The molecule has 7 nitrogen and oxygen atoms in total. The van der Waals surface area contributed by atoms with Crippen LogP contribution in [0.3, 0.4) is 0 Å². The lowest BCUT2D eigenvalue weighted by Crippen LogP contribution is -2.47. The first-order valence-electron chi connectivity index (χ1n) is 11.8. The molecule has 2 saturated heterocycles. The van der Waals surface area contributed by atoms with Gasteiger partial charge in [-0.3, -0.25) is 14.7 Å². The number of ether oxygens (including phenoxy) is 1. The van der Waals surface area contributed by atoms with Crippen LogP contribution >= 0.6 is 11.6 Å². The van der Waals surface area contributed by atoms with Crippen LogP contribution in [0.15, 0.2) is 47.1 Å². The van der Waals surface area contributed by atoms with Gasteiger partial charge in [-0.05, 0) is 49.5 Å². The van der Waals surface area contributed by atoms with Crippen molar-refractivity contribution in [2.45, 2.75) is 49.1 Å². The maximum atomic E-state index is 13.0. The zero-order valence-corrected chi connectivity index (χ0v) is 20.6. The molecule has 1 saturated carbocycles. The number of carbonyl (C=O) groups excluding carboxylic acids is 1. The van der Waals surface area contributed by atoms with Crippen molar-refractivity contribution in [2.75, 3.05) is 26.3 Å². The van der Waals surface area contributed by atoms with Gasteiger partial charge in [0.2, 0.25) is 0 Å². The normalized spacial score (nSPS) is 29.3. The summed E-state index contributed by atoms with van der Waals surface area (Å²) in [6.45, 7) is 3.47. The number of sulfone groups is 1. The van der Waals surface area contributed by atoms with Gasteiger partial charge in [0.25, 0.3) is 0 Å². The molecule has 0 N–H and O–H groups in total. The molecule has 0 bridgehead atoms. The Balaban J connectivity index is 1.20. The highest BCUT2D eigenvalue weighted by atomic mass is 35.5. The molecule has 0 amide bonds. The molecule has 1 aromatic rings. The molecule has 3 unspecified atom stereocenters. The molecule has 0 aromatic heterocycles. The fraction of sp³-hybridized carbons (Fsp3) is 0.520. The number of benzene rings is 1. The second-order valence-electron chi connectivity index (χ2n) is 9.78. The Bertz CT molecular complexity index is 1110. The van der Waals surface area contributed by atoms with Gasteiger partial charge in [-0.15, -0.1) is 0 Å². The van der Waals surface area contributed by atoms with E-state index in [0.717, 1.165) is 44.7 Å². The Labute approximate surface area is 206 Å². The van der Waals surface area contributed by atoms with Crippen molar-refractivity contribution in [3.63, 3.8) is 0 Å². The van der Waals surface area contributed by atoms with Crippen molar-refractivity contribution in [3.8, 4) is 0 Å². The fourth-order valence-electron chi connectivity index (χ4n) is 5.54. The van der Waals surface area contributed by atoms with Crippen LogP contribution < -0.4 is 0 Å². The summed E-state index contributed by atoms with van der Waals surface area (Å²) in [6, 6.07) is 6.97. The highest BCUT2D eigenvalue weighted by Crippen LogP contribution is 2.47. The molecule has 3 atom stereocenters. The zero-order chi connectivity index (χ0) is 23.8. The molecule has 182 valence electrons.